The second kappa shape index (κ2) is 10.4. The number of rotatable bonds is 7. The predicted molar refractivity (Wildman–Crippen MR) is 125 cm³/mol. The number of halogens is 2. The predicted octanol–water partition coefficient (Wildman–Crippen LogP) is 5.09. The van der Waals surface area contributed by atoms with Gasteiger partial charge in [-0.15, -0.1) is 11.3 Å². The van der Waals surface area contributed by atoms with Gasteiger partial charge in [-0.05, 0) is 41.8 Å². The van der Waals surface area contributed by atoms with Crippen LogP contribution >= 0.6 is 22.9 Å². The number of carbonyl (C=O) groups is 3. The fourth-order valence-electron chi connectivity index (χ4n) is 2.82. The van der Waals surface area contributed by atoms with E-state index in [0.29, 0.717) is 10.6 Å². The van der Waals surface area contributed by atoms with E-state index >= 15 is 0 Å². The SMILES string of the molecule is CC(C)[C@H](NC(=O)c1ncc(-c2ccc(NC(=O)Nc3ccc(Cl)cc3F)cc2)s1)C(=O)O. The van der Waals surface area contributed by atoms with Crippen molar-refractivity contribution in [3.8, 4) is 10.4 Å². The van der Waals surface area contributed by atoms with E-state index in [2.05, 4.69) is 20.9 Å². The largest absolute Gasteiger partial charge is 0.480 e. The summed E-state index contributed by atoms with van der Waals surface area (Å²) >= 11 is 6.81. The number of urea groups is 1. The summed E-state index contributed by atoms with van der Waals surface area (Å²) in [6.07, 6.45) is 1.52. The molecule has 1 aromatic heterocycles. The van der Waals surface area contributed by atoms with Gasteiger partial charge in [-0.1, -0.05) is 37.6 Å². The van der Waals surface area contributed by atoms with Gasteiger partial charge < -0.3 is 21.1 Å². The molecule has 0 fully saturated rings. The van der Waals surface area contributed by atoms with Gasteiger partial charge in [0, 0.05) is 16.9 Å². The number of hydrogen-bond acceptors (Lipinski definition) is 5. The Balaban J connectivity index is 1.63. The second-order valence-electron chi connectivity index (χ2n) is 7.34. The van der Waals surface area contributed by atoms with Crippen LogP contribution in [-0.4, -0.2) is 34.0 Å². The Morgan fingerprint density at radius 3 is 2.39 bits per heavy atom. The average molecular weight is 491 g/mol. The van der Waals surface area contributed by atoms with E-state index in [1.54, 1.807) is 38.1 Å². The fraction of sp³-hybridized carbons (Fsp3) is 0.182. The number of carbonyl (C=O) groups excluding carboxylic acids is 2. The summed E-state index contributed by atoms with van der Waals surface area (Å²) in [5.74, 6) is -2.60. The molecular formula is C22H20ClFN4O4S. The first-order valence-electron chi connectivity index (χ1n) is 9.77. The van der Waals surface area contributed by atoms with Gasteiger partial charge >= 0.3 is 12.0 Å². The molecule has 11 heteroatoms. The summed E-state index contributed by atoms with van der Waals surface area (Å²) in [4.78, 5) is 40.5. The van der Waals surface area contributed by atoms with Crippen LogP contribution < -0.4 is 16.0 Å². The lowest BCUT2D eigenvalue weighted by Crippen LogP contribution is -2.44. The van der Waals surface area contributed by atoms with E-state index < -0.39 is 29.8 Å². The number of nitrogens with one attached hydrogen (secondary N) is 3. The highest BCUT2D eigenvalue weighted by atomic mass is 35.5. The highest BCUT2D eigenvalue weighted by Gasteiger charge is 2.25. The molecule has 0 bridgehead atoms. The first kappa shape index (κ1) is 24.1. The van der Waals surface area contributed by atoms with E-state index in [4.69, 9.17) is 11.6 Å². The molecule has 1 heterocycles. The molecule has 1 atom stereocenters. The van der Waals surface area contributed by atoms with Crippen LogP contribution in [0.1, 0.15) is 23.6 Å². The number of carboxylic acid groups (broad SMARTS) is 1. The molecule has 0 aliphatic carbocycles. The maximum Gasteiger partial charge on any atom is 0.326 e. The van der Waals surface area contributed by atoms with E-state index in [1.807, 2.05) is 0 Å². The summed E-state index contributed by atoms with van der Waals surface area (Å²) < 4.78 is 13.8. The van der Waals surface area contributed by atoms with Gasteiger partial charge in [0.2, 0.25) is 0 Å². The van der Waals surface area contributed by atoms with Crippen molar-refractivity contribution in [2.45, 2.75) is 19.9 Å². The Hall–Kier alpha value is -3.50. The molecule has 0 saturated heterocycles. The third-order valence-electron chi connectivity index (χ3n) is 4.53. The molecule has 3 aromatic rings. The third-order valence-corrected chi connectivity index (χ3v) is 5.81. The smallest absolute Gasteiger partial charge is 0.326 e. The molecule has 3 amide bonds. The Kier molecular flexibility index (Phi) is 7.62. The number of carboxylic acids is 1. The minimum Gasteiger partial charge on any atom is -0.480 e. The van der Waals surface area contributed by atoms with Gasteiger partial charge in [0.05, 0.1) is 10.6 Å². The van der Waals surface area contributed by atoms with Crippen LogP contribution in [0.25, 0.3) is 10.4 Å². The van der Waals surface area contributed by atoms with Crippen LogP contribution in [0, 0.1) is 11.7 Å². The van der Waals surface area contributed by atoms with E-state index in [1.165, 1.54) is 18.3 Å². The molecule has 0 spiro atoms. The van der Waals surface area contributed by atoms with Crippen LogP contribution in [0.3, 0.4) is 0 Å². The number of thiazole rings is 1. The normalized spacial score (nSPS) is 11.7. The van der Waals surface area contributed by atoms with E-state index in [-0.39, 0.29) is 21.6 Å². The van der Waals surface area contributed by atoms with Crippen molar-refractivity contribution >= 4 is 52.2 Å². The summed E-state index contributed by atoms with van der Waals surface area (Å²) in [7, 11) is 0. The van der Waals surface area contributed by atoms with Crippen LogP contribution in [0.5, 0.6) is 0 Å². The number of nitrogens with zero attached hydrogens (tertiary/aromatic N) is 1. The molecule has 0 saturated carbocycles. The lowest BCUT2D eigenvalue weighted by Gasteiger charge is -2.16. The minimum atomic E-state index is -1.11. The first-order valence-corrected chi connectivity index (χ1v) is 11.0. The summed E-state index contributed by atoms with van der Waals surface area (Å²) in [5.41, 5.74) is 1.21. The van der Waals surface area contributed by atoms with Crippen molar-refractivity contribution < 1.29 is 23.9 Å². The van der Waals surface area contributed by atoms with Crippen molar-refractivity contribution in [2.24, 2.45) is 5.92 Å². The molecular weight excluding hydrogens is 471 g/mol. The third kappa shape index (κ3) is 6.27. The van der Waals surface area contributed by atoms with E-state index in [9.17, 15) is 23.9 Å². The zero-order chi connectivity index (χ0) is 24.1. The van der Waals surface area contributed by atoms with Crippen molar-refractivity contribution in [3.63, 3.8) is 0 Å². The number of aromatic nitrogens is 1. The number of anilines is 2. The number of amides is 3. The molecule has 172 valence electrons. The van der Waals surface area contributed by atoms with Gasteiger partial charge in [-0.25, -0.2) is 19.0 Å². The molecule has 0 aliphatic heterocycles. The molecule has 4 N–H and O–H groups in total. The molecule has 0 unspecified atom stereocenters. The molecule has 0 aliphatic rings. The van der Waals surface area contributed by atoms with Gasteiger partial charge in [-0.2, -0.15) is 0 Å². The molecule has 33 heavy (non-hydrogen) atoms. The van der Waals surface area contributed by atoms with Gasteiger partial charge in [0.15, 0.2) is 5.01 Å². The highest BCUT2D eigenvalue weighted by molar-refractivity contribution is 7.17. The topological polar surface area (TPSA) is 120 Å². The number of aliphatic carboxylic acids is 1. The summed E-state index contributed by atoms with van der Waals surface area (Å²) in [6.45, 7) is 3.41. The molecule has 2 aromatic carbocycles. The van der Waals surface area contributed by atoms with Crippen LogP contribution in [0.2, 0.25) is 5.02 Å². The highest BCUT2D eigenvalue weighted by Crippen LogP contribution is 2.27. The van der Waals surface area contributed by atoms with Crippen LogP contribution in [0.15, 0.2) is 48.7 Å². The number of benzene rings is 2. The molecule has 3 rings (SSSR count). The van der Waals surface area contributed by atoms with Crippen molar-refractivity contribution in [3.05, 3.63) is 64.5 Å². The van der Waals surface area contributed by atoms with Crippen molar-refractivity contribution in [2.75, 3.05) is 10.6 Å². The molecule has 0 radical (unpaired) electrons. The number of hydrogen-bond donors (Lipinski definition) is 4. The van der Waals surface area contributed by atoms with Crippen molar-refractivity contribution in [1.29, 1.82) is 0 Å². The summed E-state index contributed by atoms with van der Waals surface area (Å²) in [5, 5.41) is 17.1. The Morgan fingerprint density at radius 2 is 1.79 bits per heavy atom. The fourth-order valence-corrected chi connectivity index (χ4v) is 3.81. The Bertz CT molecular complexity index is 1180. The van der Waals surface area contributed by atoms with Gasteiger partial charge in [0.1, 0.15) is 11.9 Å². The molecule has 8 nitrogen and oxygen atoms in total. The Labute approximate surface area is 197 Å². The van der Waals surface area contributed by atoms with Crippen LogP contribution in [0.4, 0.5) is 20.6 Å². The monoisotopic (exact) mass is 490 g/mol. The first-order chi connectivity index (χ1) is 15.6. The zero-order valence-corrected chi connectivity index (χ0v) is 19.1. The maximum absolute atomic E-state index is 13.8. The van der Waals surface area contributed by atoms with Gasteiger partial charge in [0.25, 0.3) is 5.91 Å². The summed E-state index contributed by atoms with van der Waals surface area (Å²) in [6, 6.07) is 9.02. The second-order valence-corrected chi connectivity index (χ2v) is 8.81. The van der Waals surface area contributed by atoms with Crippen molar-refractivity contribution in [1.82, 2.24) is 10.3 Å². The Morgan fingerprint density at radius 1 is 1.09 bits per heavy atom. The van der Waals surface area contributed by atoms with Crippen LogP contribution in [-0.2, 0) is 4.79 Å². The minimum absolute atomic E-state index is 0.00779. The standard InChI is InChI=1S/C22H20ClFN4O4S/c1-11(2)18(21(30)31)28-19(29)20-25-10-17(33-20)12-3-6-14(7-4-12)26-22(32)27-16-8-5-13(23)9-15(16)24/h3-11,18H,1-2H3,(H,28,29)(H,30,31)(H2,26,27,32)/t18-/m0/s1. The zero-order valence-electron chi connectivity index (χ0n) is 17.6. The maximum atomic E-state index is 13.8. The lowest BCUT2D eigenvalue weighted by molar-refractivity contribution is -0.140. The van der Waals surface area contributed by atoms with Gasteiger partial charge in [-0.3, -0.25) is 4.79 Å². The lowest BCUT2D eigenvalue weighted by atomic mass is 10.1. The van der Waals surface area contributed by atoms with E-state index in [0.717, 1.165) is 23.0 Å². The quantitative estimate of drug-likeness (QED) is 0.368. The average Bonchev–Trinajstić information content (AvgIpc) is 3.24.